The summed E-state index contributed by atoms with van der Waals surface area (Å²) >= 11 is 1.80. The van der Waals surface area contributed by atoms with Gasteiger partial charge >= 0.3 is 0 Å². The van der Waals surface area contributed by atoms with Crippen LogP contribution in [-0.2, 0) is 9.53 Å². The van der Waals surface area contributed by atoms with E-state index in [1.54, 1.807) is 11.8 Å². The summed E-state index contributed by atoms with van der Waals surface area (Å²) < 4.78 is 6.38. The minimum atomic E-state index is -0.203. The van der Waals surface area contributed by atoms with E-state index in [1.165, 1.54) is 25.7 Å². The largest absolute Gasteiger partial charge is 0.366 e. The van der Waals surface area contributed by atoms with Crippen LogP contribution in [0.3, 0.4) is 0 Å². The molecule has 4 atom stereocenters. The van der Waals surface area contributed by atoms with Gasteiger partial charge in [0, 0.05) is 12.0 Å². The van der Waals surface area contributed by atoms with Crippen LogP contribution in [0.4, 0.5) is 0 Å². The predicted molar refractivity (Wildman–Crippen MR) is 88.3 cm³/mol. The summed E-state index contributed by atoms with van der Waals surface area (Å²) in [5.74, 6) is 2.56. The summed E-state index contributed by atoms with van der Waals surface area (Å²) in [6.07, 6.45) is 5.47. The number of rotatable bonds is 4. The summed E-state index contributed by atoms with van der Waals surface area (Å²) in [5, 5.41) is 2.12. The molecule has 0 spiro atoms. The molecule has 21 heavy (non-hydrogen) atoms. The van der Waals surface area contributed by atoms with Crippen molar-refractivity contribution in [2.75, 3.05) is 5.75 Å². The molecule has 0 radical (unpaired) electrons. The van der Waals surface area contributed by atoms with E-state index in [0.29, 0.717) is 29.5 Å². The maximum absolute atomic E-state index is 12.6. The van der Waals surface area contributed by atoms with Crippen LogP contribution >= 0.6 is 11.8 Å². The third-order valence-electron chi connectivity index (χ3n) is 5.61. The Morgan fingerprint density at radius 2 is 2.10 bits per heavy atom. The first kappa shape index (κ1) is 15.6. The quantitative estimate of drug-likeness (QED) is 0.561. The monoisotopic (exact) mass is 308 g/mol. The number of Topliss-reactive ketones (excluding diaryl/α,β-unsaturated/α-hetero) is 1. The number of hydrogen-bond donors (Lipinski definition) is 0. The molecule has 3 fully saturated rings. The van der Waals surface area contributed by atoms with E-state index in [4.69, 9.17) is 4.74 Å². The van der Waals surface area contributed by atoms with Gasteiger partial charge in [0.2, 0.25) is 0 Å². The molecule has 1 saturated carbocycles. The van der Waals surface area contributed by atoms with Gasteiger partial charge in [-0.2, -0.15) is 0 Å². The van der Waals surface area contributed by atoms with Gasteiger partial charge in [0.15, 0.2) is 5.78 Å². The minimum Gasteiger partial charge on any atom is -0.366 e. The molecule has 3 heteroatoms. The van der Waals surface area contributed by atoms with Gasteiger partial charge in [0.05, 0.1) is 11.7 Å². The molecular weight excluding hydrogens is 280 g/mol. The maximum atomic E-state index is 12.6. The van der Waals surface area contributed by atoms with Crippen molar-refractivity contribution in [3.63, 3.8) is 0 Å². The standard InChI is InChI=1S/C18H28O2S/c1-5-6-7-21-11-13-15(19)10-18(4)14-9-17(2,3)8-12(14)16(13)20-18/h11-12,14,16H,5-10H2,1-4H3/b13-11-/t12-,14+,16-,18-/m1/s1. The molecule has 118 valence electrons. The van der Waals surface area contributed by atoms with Gasteiger partial charge in [-0.1, -0.05) is 27.2 Å². The lowest BCUT2D eigenvalue weighted by molar-refractivity contribution is -0.133. The van der Waals surface area contributed by atoms with Crippen molar-refractivity contribution >= 4 is 17.5 Å². The Bertz CT molecular complexity index is 468. The third-order valence-corrected chi connectivity index (χ3v) is 6.56. The van der Waals surface area contributed by atoms with E-state index in [-0.39, 0.29) is 11.7 Å². The molecule has 0 aromatic carbocycles. The van der Waals surface area contributed by atoms with Gasteiger partial charge in [-0.3, -0.25) is 4.79 Å². The van der Waals surface area contributed by atoms with Crippen LogP contribution < -0.4 is 0 Å². The Morgan fingerprint density at radius 1 is 1.33 bits per heavy atom. The lowest BCUT2D eigenvalue weighted by atomic mass is 9.81. The zero-order chi connectivity index (χ0) is 15.3. The van der Waals surface area contributed by atoms with Crippen molar-refractivity contribution in [3.05, 3.63) is 11.0 Å². The average molecular weight is 308 g/mol. The maximum Gasteiger partial charge on any atom is 0.164 e. The molecule has 2 heterocycles. The van der Waals surface area contributed by atoms with Gasteiger partial charge in [0.25, 0.3) is 0 Å². The highest BCUT2D eigenvalue weighted by molar-refractivity contribution is 8.02. The Balaban J connectivity index is 1.81. The Labute approximate surface area is 133 Å². The van der Waals surface area contributed by atoms with Crippen LogP contribution in [0.2, 0.25) is 0 Å². The number of carbonyl (C=O) groups is 1. The molecule has 2 bridgehead atoms. The Morgan fingerprint density at radius 3 is 2.81 bits per heavy atom. The number of thioether (sulfide) groups is 1. The molecule has 2 nitrogen and oxygen atoms in total. The molecule has 2 aliphatic heterocycles. The molecule has 1 aliphatic carbocycles. The molecule has 0 N–H and O–H groups in total. The van der Waals surface area contributed by atoms with Crippen LogP contribution in [0.15, 0.2) is 11.0 Å². The molecular formula is C18H28O2S. The highest BCUT2D eigenvalue weighted by atomic mass is 32.2. The Hall–Kier alpha value is -0.280. The smallest absolute Gasteiger partial charge is 0.164 e. The second-order valence-electron chi connectivity index (χ2n) is 8.09. The minimum absolute atomic E-state index is 0.0668. The molecule has 3 aliphatic rings. The third kappa shape index (κ3) is 2.72. The van der Waals surface area contributed by atoms with E-state index in [2.05, 4.69) is 33.1 Å². The second-order valence-corrected chi connectivity index (χ2v) is 9.07. The van der Waals surface area contributed by atoms with E-state index in [9.17, 15) is 4.79 Å². The van der Waals surface area contributed by atoms with Crippen LogP contribution in [0.25, 0.3) is 0 Å². The molecule has 2 saturated heterocycles. The normalized spacial score (nSPS) is 42.6. The first-order valence-corrected chi connectivity index (χ1v) is 9.44. The van der Waals surface area contributed by atoms with Crippen LogP contribution in [0.5, 0.6) is 0 Å². The zero-order valence-corrected chi connectivity index (χ0v) is 14.6. The summed E-state index contributed by atoms with van der Waals surface area (Å²) in [7, 11) is 0. The fourth-order valence-corrected chi connectivity index (χ4v) is 5.64. The van der Waals surface area contributed by atoms with Crippen LogP contribution in [0.1, 0.15) is 59.8 Å². The van der Waals surface area contributed by atoms with Crippen molar-refractivity contribution < 1.29 is 9.53 Å². The summed E-state index contributed by atoms with van der Waals surface area (Å²) in [5.41, 5.74) is 1.17. The number of unbranched alkanes of at least 4 members (excludes halogenated alkanes) is 1. The Kier molecular flexibility index (Phi) is 4.03. The van der Waals surface area contributed by atoms with Crippen LogP contribution in [0, 0.1) is 17.3 Å². The number of fused-ring (bicyclic) bond motifs is 5. The number of ether oxygens (including phenoxy) is 1. The van der Waals surface area contributed by atoms with E-state index in [1.807, 2.05) is 0 Å². The topological polar surface area (TPSA) is 26.3 Å². The average Bonchev–Trinajstić information content (AvgIpc) is 2.81. The van der Waals surface area contributed by atoms with Gasteiger partial charge in [0.1, 0.15) is 0 Å². The van der Waals surface area contributed by atoms with E-state index < -0.39 is 0 Å². The fraction of sp³-hybridized carbons (Fsp3) is 0.833. The first-order chi connectivity index (χ1) is 9.86. The highest BCUT2D eigenvalue weighted by Crippen LogP contribution is 2.61. The van der Waals surface area contributed by atoms with Gasteiger partial charge in [-0.05, 0) is 54.6 Å². The molecule has 0 amide bonds. The van der Waals surface area contributed by atoms with Crippen molar-refractivity contribution in [1.29, 1.82) is 0 Å². The number of hydrogen-bond acceptors (Lipinski definition) is 3. The second kappa shape index (κ2) is 5.42. The van der Waals surface area contributed by atoms with Crippen molar-refractivity contribution in [2.24, 2.45) is 17.3 Å². The van der Waals surface area contributed by atoms with Crippen molar-refractivity contribution in [1.82, 2.24) is 0 Å². The zero-order valence-electron chi connectivity index (χ0n) is 13.8. The van der Waals surface area contributed by atoms with Gasteiger partial charge in [-0.25, -0.2) is 0 Å². The van der Waals surface area contributed by atoms with E-state index >= 15 is 0 Å². The molecule has 3 rings (SSSR count). The highest BCUT2D eigenvalue weighted by Gasteiger charge is 2.62. The van der Waals surface area contributed by atoms with Crippen molar-refractivity contribution in [2.45, 2.75) is 71.5 Å². The van der Waals surface area contributed by atoms with Gasteiger partial charge in [-0.15, -0.1) is 11.8 Å². The number of ketones is 1. The summed E-state index contributed by atoms with van der Waals surface area (Å²) in [4.78, 5) is 12.6. The van der Waals surface area contributed by atoms with E-state index in [0.717, 1.165) is 11.3 Å². The lowest BCUT2D eigenvalue weighted by Gasteiger charge is -2.35. The van der Waals surface area contributed by atoms with Crippen molar-refractivity contribution in [3.8, 4) is 0 Å². The summed E-state index contributed by atoms with van der Waals surface area (Å²) in [6.45, 7) is 9.11. The van der Waals surface area contributed by atoms with Crippen LogP contribution in [-0.4, -0.2) is 23.2 Å². The summed E-state index contributed by atoms with van der Waals surface area (Å²) in [6, 6.07) is 0. The molecule has 0 aromatic rings. The molecule has 0 unspecified atom stereocenters. The SMILES string of the molecule is CCCCS/C=C1/C(=O)C[C@@]2(C)O[C@@H]1[C@@H]1CC(C)(C)C[C@@H]12. The van der Waals surface area contributed by atoms with Gasteiger partial charge < -0.3 is 4.74 Å². The first-order valence-electron chi connectivity index (χ1n) is 8.39. The molecule has 0 aromatic heterocycles. The predicted octanol–water partition coefficient (Wildman–Crippen LogP) is 4.59. The fourth-order valence-electron chi connectivity index (χ4n) is 4.62. The number of carbonyl (C=O) groups excluding carboxylic acids is 1. The lowest BCUT2D eigenvalue weighted by Crippen LogP contribution is -2.40.